The van der Waals surface area contributed by atoms with E-state index in [2.05, 4.69) is 46.5 Å². The van der Waals surface area contributed by atoms with Gasteiger partial charge in [0.2, 0.25) is 0 Å². The molecule has 7 heteroatoms. The summed E-state index contributed by atoms with van der Waals surface area (Å²) in [6, 6.07) is 8.38. The second kappa shape index (κ2) is 7.33. The fraction of sp³-hybridized carbons (Fsp3) is 0.286. The predicted octanol–water partition coefficient (Wildman–Crippen LogP) is 4.20. The number of aromatic amines is 1. The lowest BCUT2D eigenvalue weighted by molar-refractivity contribution is 0.477. The molecule has 0 bridgehead atoms. The van der Waals surface area contributed by atoms with Crippen molar-refractivity contribution in [2.24, 2.45) is 0 Å². The summed E-state index contributed by atoms with van der Waals surface area (Å²) in [5.74, 6) is 0.667. The van der Waals surface area contributed by atoms with E-state index in [0.717, 1.165) is 21.0 Å². The second-order valence-electron chi connectivity index (χ2n) is 7.09. The normalized spacial score (nSPS) is 13.7. The van der Waals surface area contributed by atoms with Crippen molar-refractivity contribution in [2.75, 3.05) is 0 Å². The van der Waals surface area contributed by atoms with Gasteiger partial charge in [-0.2, -0.15) is 0 Å². The first-order valence-electron chi connectivity index (χ1n) is 9.28. The number of aryl methyl sites for hydroxylation is 2. The van der Waals surface area contributed by atoms with Crippen LogP contribution in [0.25, 0.3) is 15.9 Å². The molecule has 4 rings (SSSR count). The minimum absolute atomic E-state index is 0.0622. The van der Waals surface area contributed by atoms with Crippen molar-refractivity contribution in [1.29, 1.82) is 0 Å². The van der Waals surface area contributed by atoms with Gasteiger partial charge in [0, 0.05) is 29.0 Å². The number of benzene rings is 1. The number of aromatic nitrogens is 4. The lowest BCUT2D eigenvalue weighted by Crippen LogP contribution is -2.26. The molecule has 0 aliphatic rings. The maximum Gasteiger partial charge on any atom is 0.259 e. The van der Waals surface area contributed by atoms with Crippen molar-refractivity contribution in [3.63, 3.8) is 0 Å². The van der Waals surface area contributed by atoms with Crippen LogP contribution in [0.3, 0.4) is 0 Å². The van der Waals surface area contributed by atoms with E-state index < -0.39 is 0 Å². The minimum atomic E-state index is -0.0804. The molecule has 1 aromatic carbocycles. The number of H-pyrrole nitrogens is 1. The van der Waals surface area contributed by atoms with E-state index in [1.54, 1.807) is 23.9 Å². The summed E-state index contributed by atoms with van der Waals surface area (Å²) < 4.78 is 1.97. The molecular formula is C21H23N5OS. The first-order chi connectivity index (χ1) is 13.4. The molecule has 0 amide bonds. The van der Waals surface area contributed by atoms with Crippen molar-refractivity contribution in [2.45, 2.75) is 39.8 Å². The first kappa shape index (κ1) is 18.6. The van der Waals surface area contributed by atoms with Gasteiger partial charge in [-0.25, -0.2) is 9.97 Å². The molecule has 2 N–H and O–H groups in total. The number of hydrogen-bond acceptors (Lipinski definition) is 5. The number of nitrogens with one attached hydrogen (secondary N) is 2. The van der Waals surface area contributed by atoms with E-state index in [1.807, 2.05) is 31.5 Å². The zero-order valence-electron chi connectivity index (χ0n) is 16.4. The van der Waals surface area contributed by atoms with E-state index in [4.69, 9.17) is 4.98 Å². The highest BCUT2D eigenvalue weighted by molar-refractivity contribution is 7.18. The molecule has 0 radical (unpaired) electrons. The van der Waals surface area contributed by atoms with E-state index in [-0.39, 0.29) is 17.6 Å². The average Bonchev–Trinajstić information content (AvgIpc) is 3.31. The summed E-state index contributed by atoms with van der Waals surface area (Å²) in [6.45, 7) is 8.13. The summed E-state index contributed by atoms with van der Waals surface area (Å²) in [5.41, 5.74) is 3.20. The van der Waals surface area contributed by atoms with Gasteiger partial charge in [-0.15, -0.1) is 11.3 Å². The largest absolute Gasteiger partial charge is 0.309 e. The standard InChI is InChI=1S/C21H23N5OS/c1-12-15(4)28-21-18(12)20(27)24-19(25-21)14(3)23-13(2)16-5-7-17(8-6-16)26-10-9-22-11-26/h5-11,13-14,23H,1-4H3,(H,24,25,27). The highest BCUT2D eigenvalue weighted by Gasteiger charge is 2.17. The maximum atomic E-state index is 12.5. The predicted molar refractivity (Wildman–Crippen MR) is 113 cm³/mol. The third-order valence-electron chi connectivity index (χ3n) is 5.16. The maximum absolute atomic E-state index is 12.5. The van der Waals surface area contributed by atoms with Crippen LogP contribution in [0.15, 0.2) is 47.8 Å². The number of thiophene rings is 1. The van der Waals surface area contributed by atoms with Gasteiger partial charge in [-0.3, -0.25) is 4.79 Å². The Bertz CT molecular complexity index is 1160. The Morgan fingerprint density at radius 1 is 1.14 bits per heavy atom. The molecule has 2 unspecified atom stereocenters. The number of hydrogen-bond donors (Lipinski definition) is 2. The van der Waals surface area contributed by atoms with Crippen molar-refractivity contribution in [1.82, 2.24) is 24.8 Å². The molecule has 144 valence electrons. The summed E-state index contributed by atoms with van der Waals surface area (Å²) in [5, 5.41) is 4.24. The summed E-state index contributed by atoms with van der Waals surface area (Å²) in [4.78, 5) is 26.2. The molecular weight excluding hydrogens is 370 g/mol. The third-order valence-corrected chi connectivity index (χ3v) is 6.26. The van der Waals surface area contributed by atoms with Crippen molar-refractivity contribution in [3.8, 4) is 5.69 Å². The molecule has 28 heavy (non-hydrogen) atoms. The van der Waals surface area contributed by atoms with Crippen molar-refractivity contribution >= 4 is 21.6 Å². The Labute approximate surface area is 167 Å². The fourth-order valence-corrected chi connectivity index (χ4v) is 4.41. The number of nitrogens with zero attached hydrogens (tertiary/aromatic N) is 3. The molecule has 0 saturated carbocycles. The summed E-state index contributed by atoms with van der Waals surface area (Å²) >= 11 is 1.57. The van der Waals surface area contributed by atoms with Crippen LogP contribution in [0.1, 0.15) is 47.8 Å². The smallest absolute Gasteiger partial charge is 0.259 e. The average molecular weight is 394 g/mol. The van der Waals surface area contributed by atoms with Gasteiger partial charge in [-0.05, 0) is 51.0 Å². The van der Waals surface area contributed by atoms with Gasteiger partial charge >= 0.3 is 0 Å². The van der Waals surface area contributed by atoms with E-state index >= 15 is 0 Å². The van der Waals surface area contributed by atoms with Gasteiger partial charge < -0.3 is 14.9 Å². The Morgan fingerprint density at radius 2 is 1.89 bits per heavy atom. The number of fused-ring (bicyclic) bond motifs is 1. The third kappa shape index (κ3) is 3.39. The van der Waals surface area contributed by atoms with Crippen LogP contribution < -0.4 is 10.9 Å². The van der Waals surface area contributed by atoms with Crippen LogP contribution in [-0.4, -0.2) is 19.5 Å². The summed E-state index contributed by atoms with van der Waals surface area (Å²) in [7, 11) is 0. The Hall–Kier alpha value is -2.77. The monoisotopic (exact) mass is 393 g/mol. The van der Waals surface area contributed by atoms with Crippen LogP contribution in [0.5, 0.6) is 0 Å². The highest BCUT2D eigenvalue weighted by Crippen LogP contribution is 2.27. The van der Waals surface area contributed by atoms with Crippen LogP contribution >= 0.6 is 11.3 Å². The van der Waals surface area contributed by atoms with Crippen LogP contribution in [0.2, 0.25) is 0 Å². The topological polar surface area (TPSA) is 75.6 Å². The van der Waals surface area contributed by atoms with Gasteiger partial charge in [0.15, 0.2) is 0 Å². The molecule has 0 saturated heterocycles. The number of imidazole rings is 1. The molecule has 3 heterocycles. The minimum Gasteiger partial charge on any atom is -0.309 e. The Kier molecular flexibility index (Phi) is 4.87. The SMILES string of the molecule is Cc1sc2nc(C(C)NC(C)c3ccc(-n4ccnc4)cc3)[nH]c(=O)c2c1C. The molecule has 4 aromatic rings. The first-order valence-corrected chi connectivity index (χ1v) is 10.1. The van der Waals surface area contributed by atoms with E-state index in [9.17, 15) is 4.79 Å². The lowest BCUT2D eigenvalue weighted by atomic mass is 10.1. The van der Waals surface area contributed by atoms with Crippen molar-refractivity contribution < 1.29 is 0 Å². The molecule has 2 atom stereocenters. The zero-order valence-corrected chi connectivity index (χ0v) is 17.2. The van der Waals surface area contributed by atoms with Gasteiger partial charge in [0.25, 0.3) is 5.56 Å². The van der Waals surface area contributed by atoms with Crippen LogP contribution in [0.4, 0.5) is 0 Å². The second-order valence-corrected chi connectivity index (χ2v) is 8.29. The van der Waals surface area contributed by atoms with E-state index in [0.29, 0.717) is 11.2 Å². The van der Waals surface area contributed by atoms with Crippen molar-refractivity contribution in [3.05, 3.63) is 75.2 Å². The van der Waals surface area contributed by atoms with Gasteiger partial charge in [0.05, 0.1) is 17.8 Å². The lowest BCUT2D eigenvalue weighted by Gasteiger charge is -2.20. The Balaban J connectivity index is 1.54. The quantitative estimate of drug-likeness (QED) is 0.533. The zero-order chi connectivity index (χ0) is 19.8. The van der Waals surface area contributed by atoms with E-state index in [1.165, 1.54) is 5.56 Å². The number of rotatable bonds is 5. The summed E-state index contributed by atoms with van der Waals surface area (Å²) in [6.07, 6.45) is 5.47. The molecule has 0 aliphatic heterocycles. The fourth-order valence-electron chi connectivity index (χ4n) is 3.37. The van der Waals surface area contributed by atoms with Gasteiger partial charge in [-0.1, -0.05) is 12.1 Å². The molecule has 0 spiro atoms. The van der Waals surface area contributed by atoms with Crippen LogP contribution in [-0.2, 0) is 0 Å². The Morgan fingerprint density at radius 3 is 2.57 bits per heavy atom. The molecule has 3 aromatic heterocycles. The molecule has 6 nitrogen and oxygen atoms in total. The van der Waals surface area contributed by atoms with Gasteiger partial charge in [0.1, 0.15) is 10.7 Å². The highest BCUT2D eigenvalue weighted by atomic mass is 32.1. The molecule has 0 fully saturated rings. The molecule has 0 aliphatic carbocycles. The van der Waals surface area contributed by atoms with Crippen LogP contribution in [0, 0.1) is 13.8 Å².